The van der Waals surface area contributed by atoms with Crippen molar-refractivity contribution >= 4 is 15.6 Å². The van der Waals surface area contributed by atoms with Crippen molar-refractivity contribution in [1.82, 2.24) is 0 Å². The second-order valence-corrected chi connectivity index (χ2v) is 8.54. The number of carbonyl (C=O) groups is 1. The normalized spacial score (nSPS) is 11.8. The lowest BCUT2D eigenvalue weighted by molar-refractivity contribution is 0.0991. The Kier molecular flexibility index (Phi) is 5.67. The lowest BCUT2D eigenvalue weighted by Gasteiger charge is -2.08. The smallest absolute Gasteiger partial charge is 0.194 e. The summed E-state index contributed by atoms with van der Waals surface area (Å²) in [5.41, 5.74) is 0.523. The largest absolute Gasteiger partial charge is 0.294 e. The van der Waals surface area contributed by atoms with Gasteiger partial charge >= 0.3 is 0 Å². The average molecular weight is 370 g/mol. The van der Waals surface area contributed by atoms with Crippen LogP contribution in [0.3, 0.4) is 0 Å². The molecule has 25 heavy (non-hydrogen) atoms. The first-order chi connectivity index (χ1) is 11.6. The molecule has 7 heteroatoms. The second-order valence-electron chi connectivity index (χ2n) is 5.99. The zero-order valence-corrected chi connectivity index (χ0v) is 14.5. The Morgan fingerprint density at radius 3 is 2.12 bits per heavy atom. The summed E-state index contributed by atoms with van der Waals surface area (Å²) in [6.45, 7) is 3.17. The van der Waals surface area contributed by atoms with Crippen LogP contribution < -0.4 is 0 Å². The quantitative estimate of drug-likeness (QED) is 0.573. The van der Waals surface area contributed by atoms with Crippen molar-refractivity contribution in [2.45, 2.75) is 31.3 Å². The molecule has 0 aliphatic rings. The first-order valence-corrected chi connectivity index (χ1v) is 9.29. The topological polar surface area (TPSA) is 51.2 Å². The molecular formula is C18H17F3O3S. The van der Waals surface area contributed by atoms with E-state index in [-0.39, 0.29) is 16.9 Å². The van der Waals surface area contributed by atoms with E-state index in [4.69, 9.17) is 0 Å². The SMILES string of the molecule is CC(C)S(=O)(=O)Cc1ccc(C(=O)Cc2ccc(F)c(F)c2F)cc1. The minimum absolute atomic E-state index is 0.142. The second kappa shape index (κ2) is 7.39. The van der Waals surface area contributed by atoms with Gasteiger partial charge in [0.25, 0.3) is 0 Å². The van der Waals surface area contributed by atoms with Crippen LogP contribution in [0.25, 0.3) is 0 Å². The van der Waals surface area contributed by atoms with E-state index in [0.717, 1.165) is 12.1 Å². The van der Waals surface area contributed by atoms with Crippen molar-refractivity contribution in [3.63, 3.8) is 0 Å². The fraction of sp³-hybridized carbons (Fsp3) is 0.278. The van der Waals surface area contributed by atoms with Crippen LogP contribution in [-0.4, -0.2) is 19.5 Å². The molecule has 0 aliphatic carbocycles. The molecule has 0 heterocycles. The molecule has 0 amide bonds. The van der Waals surface area contributed by atoms with Crippen molar-refractivity contribution in [2.24, 2.45) is 0 Å². The van der Waals surface area contributed by atoms with E-state index in [0.29, 0.717) is 5.56 Å². The summed E-state index contributed by atoms with van der Waals surface area (Å²) >= 11 is 0. The molecule has 0 fully saturated rings. The Bertz CT molecular complexity index is 889. The zero-order valence-electron chi connectivity index (χ0n) is 13.7. The maximum absolute atomic E-state index is 13.6. The van der Waals surface area contributed by atoms with Gasteiger partial charge in [0.15, 0.2) is 33.1 Å². The maximum Gasteiger partial charge on any atom is 0.194 e. The van der Waals surface area contributed by atoms with Crippen LogP contribution in [-0.2, 0) is 22.0 Å². The van der Waals surface area contributed by atoms with Gasteiger partial charge in [-0.3, -0.25) is 4.79 Å². The van der Waals surface area contributed by atoms with E-state index in [2.05, 4.69) is 0 Å². The number of carbonyl (C=O) groups excluding carboxylic acids is 1. The molecule has 0 bridgehead atoms. The lowest BCUT2D eigenvalue weighted by Crippen LogP contribution is -2.16. The average Bonchev–Trinajstić information content (AvgIpc) is 2.55. The van der Waals surface area contributed by atoms with Crippen molar-refractivity contribution in [1.29, 1.82) is 0 Å². The highest BCUT2D eigenvalue weighted by Gasteiger charge is 2.18. The number of halogens is 3. The van der Waals surface area contributed by atoms with Crippen molar-refractivity contribution in [3.8, 4) is 0 Å². The van der Waals surface area contributed by atoms with E-state index >= 15 is 0 Å². The van der Waals surface area contributed by atoms with Crippen LogP contribution in [0.1, 0.15) is 35.3 Å². The molecule has 0 aromatic heterocycles. The Labute approximate surface area is 144 Å². The van der Waals surface area contributed by atoms with Gasteiger partial charge in [-0.2, -0.15) is 0 Å². The molecule has 0 radical (unpaired) electrons. The summed E-state index contributed by atoms with van der Waals surface area (Å²) in [7, 11) is -3.26. The van der Waals surface area contributed by atoms with Crippen LogP contribution in [0.4, 0.5) is 13.2 Å². The number of hydrogen-bond acceptors (Lipinski definition) is 3. The van der Waals surface area contributed by atoms with E-state index in [1.807, 2.05) is 0 Å². The molecule has 0 aliphatic heterocycles. The molecule has 0 spiro atoms. The van der Waals surface area contributed by atoms with Gasteiger partial charge in [0, 0.05) is 12.0 Å². The van der Waals surface area contributed by atoms with Gasteiger partial charge in [-0.25, -0.2) is 21.6 Å². The molecule has 134 valence electrons. The van der Waals surface area contributed by atoms with E-state index < -0.39 is 44.7 Å². The molecule has 0 N–H and O–H groups in total. The first-order valence-electron chi connectivity index (χ1n) is 7.58. The lowest BCUT2D eigenvalue weighted by atomic mass is 10.0. The van der Waals surface area contributed by atoms with Gasteiger partial charge in [-0.05, 0) is 31.0 Å². The zero-order chi connectivity index (χ0) is 18.8. The third kappa shape index (κ3) is 4.48. The number of benzene rings is 2. The van der Waals surface area contributed by atoms with E-state index in [9.17, 15) is 26.4 Å². The molecule has 2 rings (SSSR count). The summed E-state index contributed by atoms with van der Waals surface area (Å²) in [4.78, 5) is 12.2. The van der Waals surface area contributed by atoms with Gasteiger partial charge in [-0.15, -0.1) is 0 Å². The summed E-state index contributed by atoms with van der Waals surface area (Å²) in [6.07, 6.45) is -0.424. The Morgan fingerprint density at radius 2 is 1.56 bits per heavy atom. The molecule has 0 saturated heterocycles. The maximum atomic E-state index is 13.6. The minimum atomic E-state index is -3.26. The van der Waals surface area contributed by atoms with Gasteiger partial charge in [0.1, 0.15) is 0 Å². The molecule has 0 saturated carbocycles. The van der Waals surface area contributed by atoms with Crippen LogP contribution in [0.5, 0.6) is 0 Å². The predicted octanol–water partition coefficient (Wildman–Crippen LogP) is 3.85. The van der Waals surface area contributed by atoms with E-state index in [1.165, 1.54) is 24.3 Å². The Balaban J connectivity index is 2.15. The van der Waals surface area contributed by atoms with Gasteiger partial charge in [0.2, 0.25) is 0 Å². The molecular weight excluding hydrogens is 353 g/mol. The fourth-order valence-corrected chi connectivity index (χ4v) is 3.15. The van der Waals surface area contributed by atoms with Crippen molar-refractivity contribution < 1.29 is 26.4 Å². The molecule has 0 unspecified atom stereocenters. The number of ketones is 1. The highest BCUT2D eigenvalue weighted by atomic mass is 32.2. The monoisotopic (exact) mass is 370 g/mol. The third-order valence-corrected chi connectivity index (χ3v) is 6.00. The number of sulfone groups is 1. The number of hydrogen-bond donors (Lipinski definition) is 0. The standard InChI is InChI=1S/C18H17F3O3S/c1-11(2)25(23,24)10-12-3-5-13(6-4-12)16(22)9-14-7-8-15(19)18(21)17(14)20/h3-8,11H,9-10H2,1-2H3. The van der Waals surface area contributed by atoms with E-state index in [1.54, 1.807) is 13.8 Å². The van der Waals surface area contributed by atoms with Crippen LogP contribution in [0, 0.1) is 17.5 Å². The third-order valence-electron chi connectivity index (χ3n) is 3.83. The Morgan fingerprint density at radius 1 is 0.960 bits per heavy atom. The number of Topliss-reactive ketones (excluding diaryl/α,β-unsaturated/α-hetero) is 1. The first kappa shape index (κ1) is 19.2. The Hall–Kier alpha value is -2.15. The molecule has 2 aromatic carbocycles. The summed E-state index contributed by atoms with van der Waals surface area (Å²) in [5.74, 6) is -4.93. The molecule has 0 atom stereocenters. The van der Waals surface area contributed by atoms with Crippen LogP contribution in [0.15, 0.2) is 36.4 Å². The fourth-order valence-electron chi connectivity index (χ4n) is 2.16. The molecule has 3 nitrogen and oxygen atoms in total. The summed E-state index contributed by atoms with van der Waals surface area (Å²) < 4.78 is 63.5. The summed E-state index contributed by atoms with van der Waals surface area (Å²) in [6, 6.07) is 7.68. The number of rotatable bonds is 6. The van der Waals surface area contributed by atoms with Gasteiger partial charge < -0.3 is 0 Å². The van der Waals surface area contributed by atoms with Gasteiger partial charge in [-0.1, -0.05) is 30.3 Å². The summed E-state index contributed by atoms with van der Waals surface area (Å²) in [5, 5.41) is -0.509. The molecule has 2 aromatic rings. The highest BCUT2D eigenvalue weighted by Crippen LogP contribution is 2.18. The van der Waals surface area contributed by atoms with Crippen LogP contribution >= 0.6 is 0 Å². The van der Waals surface area contributed by atoms with Crippen molar-refractivity contribution in [3.05, 3.63) is 70.5 Å². The van der Waals surface area contributed by atoms with Crippen LogP contribution in [0.2, 0.25) is 0 Å². The van der Waals surface area contributed by atoms with Gasteiger partial charge in [0.05, 0.1) is 11.0 Å². The predicted molar refractivity (Wildman–Crippen MR) is 88.6 cm³/mol. The van der Waals surface area contributed by atoms with Crippen molar-refractivity contribution in [2.75, 3.05) is 0 Å². The highest BCUT2D eigenvalue weighted by molar-refractivity contribution is 7.91. The minimum Gasteiger partial charge on any atom is -0.294 e.